The van der Waals surface area contributed by atoms with E-state index in [1.165, 1.54) is 0 Å². The van der Waals surface area contributed by atoms with Crippen LogP contribution < -0.4 is 0 Å². The second-order valence-electron chi connectivity index (χ2n) is 6.27. The van der Waals surface area contributed by atoms with Gasteiger partial charge in [-0.15, -0.1) is 0 Å². The summed E-state index contributed by atoms with van der Waals surface area (Å²) in [5.74, 6) is 0. The molecule has 2 rings (SSSR count). The van der Waals surface area contributed by atoms with E-state index in [1.54, 1.807) is 0 Å². The number of aliphatic hydroxyl groups excluding tert-OH is 2. The molecule has 0 aromatic rings. The summed E-state index contributed by atoms with van der Waals surface area (Å²) in [6.07, 6.45) is -0.279. The number of hydrogen-bond acceptors (Lipinski definition) is 4. The van der Waals surface area contributed by atoms with Gasteiger partial charge < -0.3 is 14.9 Å². The molecule has 0 aromatic carbocycles. The van der Waals surface area contributed by atoms with E-state index in [1.807, 2.05) is 0 Å². The first kappa shape index (κ1) is 12.3. The minimum Gasteiger partial charge on any atom is -0.389 e. The Morgan fingerprint density at radius 2 is 1.56 bits per heavy atom. The SMILES string of the molecule is CC1(C)CC(N2C[C@@H](O)[C@@H](O)C2)C(C)(C)O1. The summed E-state index contributed by atoms with van der Waals surface area (Å²) in [5.41, 5.74) is -0.333. The second-order valence-corrected chi connectivity index (χ2v) is 6.27. The summed E-state index contributed by atoms with van der Waals surface area (Å²) in [7, 11) is 0. The highest BCUT2D eigenvalue weighted by Crippen LogP contribution is 2.41. The summed E-state index contributed by atoms with van der Waals surface area (Å²) in [4.78, 5) is 2.16. The molecule has 94 valence electrons. The first-order chi connectivity index (χ1) is 7.21. The Balaban J connectivity index is 2.11. The molecule has 0 radical (unpaired) electrons. The van der Waals surface area contributed by atoms with Crippen LogP contribution in [-0.4, -0.2) is 57.7 Å². The van der Waals surface area contributed by atoms with Crippen molar-refractivity contribution >= 4 is 0 Å². The molecule has 4 nitrogen and oxygen atoms in total. The van der Waals surface area contributed by atoms with E-state index >= 15 is 0 Å². The molecule has 0 spiro atoms. The van der Waals surface area contributed by atoms with Crippen molar-refractivity contribution in [3.8, 4) is 0 Å². The van der Waals surface area contributed by atoms with Crippen LogP contribution in [0.3, 0.4) is 0 Å². The van der Waals surface area contributed by atoms with Gasteiger partial charge in [-0.3, -0.25) is 4.90 Å². The predicted molar refractivity (Wildman–Crippen MR) is 61.2 cm³/mol. The lowest BCUT2D eigenvalue weighted by atomic mass is 9.93. The highest BCUT2D eigenvalue weighted by atomic mass is 16.5. The van der Waals surface area contributed by atoms with Gasteiger partial charge in [0.1, 0.15) is 0 Å². The topological polar surface area (TPSA) is 52.9 Å². The lowest BCUT2D eigenvalue weighted by Gasteiger charge is -2.33. The number of ether oxygens (including phenoxy) is 1. The molecule has 16 heavy (non-hydrogen) atoms. The van der Waals surface area contributed by atoms with Crippen molar-refractivity contribution in [2.24, 2.45) is 0 Å². The van der Waals surface area contributed by atoms with E-state index in [2.05, 4.69) is 32.6 Å². The fourth-order valence-electron chi connectivity index (χ4n) is 3.15. The lowest BCUT2D eigenvalue weighted by Crippen LogP contribution is -2.45. The fraction of sp³-hybridized carbons (Fsp3) is 1.00. The molecule has 2 fully saturated rings. The number of likely N-dealkylation sites (tertiary alicyclic amines) is 1. The molecule has 0 aromatic heterocycles. The lowest BCUT2D eigenvalue weighted by molar-refractivity contribution is -0.0795. The van der Waals surface area contributed by atoms with Crippen LogP contribution in [0.2, 0.25) is 0 Å². The predicted octanol–water partition coefficient (Wildman–Crippen LogP) is 0.370. The number of rotatable bonds is 1. The fourth-order valence-corrected chi connectivity index (χ4v) is 3.15. The monoisotopic (exact) mass is 229 g/mol. The molecule has 2 N–H and O–H groups in total. The standard InChI is InChI=1S/C12H23NO3/c1-11(2)5-10(12(3,4)16-11)13-6-8(14)9(15)7-13/h8-10,14-15H,5-7H2,1-4H3/t8-,9+,10?. The average Bonchev–Trinajstić information content (AvgIpc) is 2.50. The van der Waals surface area contributed by atoms with Crippen molar-refractivity contribution in [2.45, 2.75) is 63.6 Å². The molecule has 2 heterocycles. The molecule has 0 aliphatic carbocycles. The third kappa shape index (κ3) is 2.12. The largest absolute Gasteiger partial charge is 0.389 e. The maximum absolute atomic E-state index is 9.60. The smallest absolute Gasteiger partial charge is 0.0938 e. The first-order valence-corrected chi connectivity index (χ1v) is 6.02. The Morgan fingerprint density at radius 3 is 1.94 bits per heavy atom. The van der Waals surface area contributed by atoms with Gasteiger partial charge in [0.15, 0.2) is 0 Å². The molecule has 3 atom stereocenters. The van der Waals surface area contributed by atoms with Crippen molar-refractivity contribution < 1.29 is 14.9 Å². The Hall–Kier alpha value is -0.160. The zero-order valence-electron chi connectivity index (χ0n) is 10.6. The van der Waals surface area contributed by atoms with E-state index in [-0.39, 0.29) is 17.2 Å². The molecule has 2 saturated heterocycles. The maximum atomic E-state index is 9.60. The molecule has 0 bridgehead atoms. The molecular weight excluding hydrogens is 206 g/mol. The van der Waals surface area contributed by atoms with Crippen LogP contribution in [-0.2, 0) is 4.74 Å². The zero-order chi connectivity index (χ0) is 12.1. The van der Waals surface area contributed by atoms with Crippen LogP contribution in [0.1, 0.15) is 34.1 Å². The quantitative estimate of drug-likeness (QED) is 0.682. The number of nitrogens with zero attached hydrogens (tertiary/aromatic N) is 1. The van der Waals surface area contributed by atoms with Gasteiger partial charge in [-0.1, -0.05) is 0 Å². The minimum absolute atomic E-state index is 0.118. The van der Waals surface area contributed by atoms with E-state index in [9.17, 15) is 10.2 Å². The molecule has 0 saturated carbocycles. The van der Waals surface area contributed by atoms with Crippen LogP contribution in [0.15, 0.2) is 0 Å². The minimum atomic E-state index is -0.612. The van der Waals surface area contributed by atoms with E-state index < -0.39 is 12.2 Å². The third-order valence-electron chi connectivity index (χ3n) is 3.75. The van der Waals surface area contributed by atoms with Gasteiger partial charge in [0, 0.05) is 19.1 Å². The molecule has 4 heteroatoms. The van der Waals surface area contributed by atoms with Crippen molar-refractivity contribution in [1.29, 1.82) is 0 Å². The average molecular weight is 229 g/mol. The first-order valence-electron chi connectivity index (χ1n) is 6.02. The summed E-state index contributed by atoms with van der Waals surface area (Å²) in [5, 5.41) is 19.2. The summed E-state index contributed by atoms with van der Waals surface area (Å²) >= 11 is 0. The Kier molecular flexibility index (Phi) is 2.82. The van der Waals surface area contributed by atoms with Crippen molar-refractivity contribution in [3.63, 3.8) is 0 Å². The van der Waals surface area contributed by atoms with Gasteiger partial charge in [-0.05, 0) is 34.1 Å². The van der Waals surface area contributed by atoms with Crippen molar-refractivity contribution in [3.05, 3.63) is 0 Å². The third-order valence-corrected chi connectivity index (χ3v) is 3.75. The van der Waals surface area contributed by atoms with Gasteiger partial charge >= 0.3 is 0 Å². The van der Waals surface area contributed by atoms with Gasteiger partial charge in [-0.25, -0.2) is 0 Å². The Morgan fingerprint density at radius 1 is 1.06 bits per heavy atom. The van der Waals surface area contributed by atoms with Gasteiger partial charge in [0.25, 0.3) is 0 Å². The van der Waals surface area contributed by atoms with E-state index in [0.29, 0.717) is 13.1 Å². The molecule has 2 aliphatic rings. The normalized spacial score (nSPS) is 42.8. The maximum Gasteiger partial charge on any atom is 0.0938 e. The highest BCUT2D eigenvalue weighted by molar-refractivity contribution is 5.02. The molecule has 0 amide bonds. The van der Waals surface area contributed by atoms with Crippen molar-refractivity contribution in [2.75, 3.05) is 13.1 Å². The number of β-amino-alcohol motifs (C(OH)–C–C–N with tert-alkyl or cyclic N) is 2. The van der Waals surface area contributed by atoms with E-state index in [0.717, 1.165) is 6.42 Å². The Labute approximate surface area is 97.2 Å². The van der Waals surface area contributed by atoms with Gasteiger partial charge in [-0.2, -0.15) is 0 Å². The second kappa shape index (κ2) is 3.67. The van der Waals surface area contributed by atoms with Crippen molar-refractivity contribution in [1.82, 2.24) is 4.90 Å². The summed E-state index contributed by atoms with van der Waals surface area (Å²) < 4.78 is 6.03. The van der Waals surface area contributed by atoms with Crippen LogP contribution >= 0.6 is 0 Å². The van der Waals surface area contributed by atoms with Crippen LogP contribution in [0.4, 0.5) is 0 Å². The number of aliphatic hydroxyl groups is 2. The van der Waals surface area contributed by atoms with Gasteiger partial charge in [0.05, 0.1) is 23.4 Å². The molecular formula is C12H23NO3. The Bertz CT molecular complexity index is 267. The summed E-state index contributed by atoms with van der Waals surface area (Å²) in [6, 6.07) is 0.272. The van der Waals surface area contributed by atoms with Crippen LogP contribution in [0.5, 0.6) is 0 Å². The van der Waals surface area contributed by atoms with Crippen LogP contribution in [0.25, 0.3) is 0 Å². The number of hydrogen-bond donors (Lipinski definition) is 2. The molecule has 1 unspecified atom stereocenters. The van der Waals surface area contributed by atoms with E-state index in [4.69, 9.17) is 4.74 Å². The van der Waals surface area contributed by atoms with Crippen LogP contribution in [0, 0.1) is 0 Å². The summed E-state index contributed by atoms with van der Waals surface area (Å²) in [6.45, 7) is 9.46. The zero-order valence-corrected chi connectivity index (χ0v) is 10.6. The van der Waals surface area contributed by atoms with Gasteiger partial charge in [0.2, 0.25) is 0 Å². The highest BCUT2D eigenvalue weighted by Gasteiger charge is 2.50. The molecule has 2 aliphatic heterocycles.